The number of fused-ring (bicyclic) bond motifs is 1. The molecule has 0 atom stereocenters. The molecule has 4 aromatic rings. The third kappa shape index (κ3) is 5.54. The maximum atomic E-state index is 13.9. The van der Waals surface area contributed by atoms with Crippen molar-refractivity contribution in [2.75, 3.05) is 32.5 Å². The van der Waals surface area contributed by atoms with Gasteiger partial charge in [-0.05, 0) is 61.4 Å². The van der Waals surface area contributed by atoms with E-state index in [1.165, 1.54) is 12.1 Å². The molecule has 0 bridgehead atoms. The topological polar surface area (TPSA) is 127 Å². The van der Waals surface area contributed by atoms with Crippen LogP contribution in [0.4, 0.5) is 14.9 Å². The molecule has 1 fully saturated rings. The molecule has 208 valence electrons. The second kappa shape index (κ2) is 11.2. The van der Waals surface area contributed by atoms with Crippen LogP contribution in [0.15, 0.2) is 48.7 Å². The van der Waals surface area contributed by atoms with E-state index in [2.05, 4.69) is 15.6 Å². The van der Waals surface area contributed by atoms with Gasteiger partial charge >= 0.3 is 6.03 Å². The fourth-order valence-electron chi connectivity index (χ4n) is 4.91. The molecule has 3 amide bonds. The van der Waals surface area contributed by atoms with E-state index in [-0.39, 0.29) is 11.9 Å². The van der Waals surface area contributed by atoms with Crippen molar-refractivity contribution >= 4 is 23.3 Å². The van der Waals surface area contributed by atoms with E-state index in [0.29, 0.717) is 48.1 Å². The first kappa shape index (κ1) is 26.9. The van der Waals surface area contributed by atoms with Crippen LogP contribution >= 0.6 is 0 Å². The van der Waals surface area contributed by atoms with Crippen LogP contribution in [-0.2, 0) is 0 Å². The monoisotopic (exact) mass is 545 g/mol. The van der Waals surface area contributed by atoms with Gasteiger partial charge in [0.1, 0.15) is 11.6 Å². The summed E-state index contributed by atoms with van der Waals surface area (Å²) in [5, 5.41) is 10.7. The second-order valence-electron chi connectivity index (χ2n) is 9.93. The molecule has 0 unspecified atom stereocenters. The number of nitrogens with one attached hydrogen (secondary N) is 2. The molecule has 10 nitrogen and oxygen atoms in total. The number of carbonyl (C=O) groups is 2. The third-order valence-electron chi connectivity index (χ3n) is 7.05. The predicted octanol–water partition coefficient (Wildman–Crippen LogP) is 4.69. The average Bonchev–Trinajstić information content (AvgIpc) is 3.68. The Morgan fingerprint density at radius 2 is 2.02 bits per heavy atom. The van der Waals surface area contributed by atoms with Gasteiger partial charge in [-0.15, -0.1) is 5.10 Å². The van der Waals surface area contributed by atoms with Crippen molar-refractivity contribution in [3.63, 3.8) is 0 Å². The van der Waals surface area contributed by atoms with Crippen molar-refractivity contribution < 1.29 is 18.7 Å². The molecule has 0 saturated heterocycles. The number of amides is 3. The summed E-state index contributed by atoms with van der Waals surface area (Å²) in [4.78, 5) is 30.1. The minimum atomic E-state index is -0.457. The van der Waals surface area contributed by atoms with E-state index in [4.69, 9.17) is 15.6 Å². The van der Waals surface area contributed by atoms with Crippen molar-refractivity contribution in [2.45, 2.75) is 32.1 Å². The first-order valence-corrected chi connectivity index (χ1v) is 13.2. The van der Waals surface area contributed by atoms with Gasteiger partial charge in [-0.25, -0.2) is 18.7 Å². The number of urea groups is 1. The van der Waals surface area contributed by atoms with E-state index in [9.17, 15) is 14.0 Å². The molecule has 1 aliphatic carbocycles. The molecule has 2 aromatic heterocycles. The first-order valence-electron chi connectivity index (χ1n) is 13.2. The van der Waals surface area contributed by atoms with E-state index in [1.54, 1.807) is 54.0 Å². The number of anilines is 1. The summed E-state index contributed by atoms with van der Waals surface area (Å²) in [6.07, 6.45) is 4.51. The number of nitrogens with zero attached hydrogens (tertiary/aromatic N) is 4. The predicted molar refractivity (Wildman–Crippen MR) is 150 cm³/mol. The van der Waals surface area contributed by atoms with Gasteiger partial charge in [0.25, 0.3) is 0 Å². The number of imidazole rings is 1. The maximum absolute atomic E-state index is 13.9. The van der Waals surface area contributed by atoms with Gasteiger partial charge in [0.15, 0.2) is 5.65 Å². The number of nitrogens with two attached hydrogens (primary N) is 1. The van der Waals surface area contributed by atoms with Crippen molar-refractivity contribution in [3.05, 3.63) is 71.2 Å². The summed E-state index contributed by atoms with van der Waals surface area (Å²) in [6, 6.07) is 11.1. The summed E-state index contributed by atoms with van der Waals surface area (Å²) in [7, 11) is 3.33. The first-order chi connectivity index (χ1) is 19.3. The summed E-state index contributed by atoms with van der Waals surface area (Å²) < 4.78 is 21.5. The largest absolute Gasteiger partial charge is 0.437 e. The molecule has 0 spiro atoms. The normalized spacial score (nSPS) is 12.8. The Labute approximate surface area is 231 Å². The smallest absolute Gasteiger partial charge is 0.316 e. The Bertz CT molecular complexity index is 1580. The molecular formula is C29H32FN7O3. The lowest BCUT2D eigenvalue weighted by molar-refractivity contribution is 0.0999. The van der Waals surface area contributed by atoms with Gasteiger partial charge < -0.3 is 26.0 Å². The van der Waals surface area contributed by atoms with Crippen LogP contribution in [0.2, 0.25) is 0 Å². The van der Waals surface area contributed by atoms with Crippen LogP contribution in [-0.4, -0.2) is 58.6 Å². The molecule has 1 saturated carbocycles. The molecule has 2 heterocycles. The molecule has 0 radical (unpaired) electrons. The van der Waals surface area contributed by atoms with E-state index in [1.807, 2.05) is 13.0 Å². The lowest BCUT2D eigenvalue weighted by Crippen LogP contribution is -2.36. The summed E-state index contributed by atoms with van der Waals surface area (Å²) in [5.74, 6) is 0.0235. The van der Waals surface area contributed by atoms with E-state index >= 15 is 0 Å². The minimum Gasteiger partial charge on any atom is -0.437 e. The number of benzene rings is 2. The highest BCUT2D eigenvalue weighted by Crippen LogP contribution is 2.47. The average molecular weight is 546 g/mol. The summed E-state index contributed by atoms with van der Waals surface area (Å²) >= 11 is 0. The molecule has 2 aromatic carbocycles. The molecule has 40 heavy (non-hydrogen) atoms. The molecule has 5 rings (SSSR count). The Morgan fingerprint density at radius 1 is 1.23 bits per heavy atom. The quantitative estimate of drug-likeness (QED) is 0.248. The fourth-order valence-corrected chi connectivity index (χ4v) is 4.91. The molecule has 11 heteroatoms. The summed E-state index contributed by atoms with van der Waals surface area (Å²) in [5.41, 5.74) is 11.0. The molecule has 0 aliphatic heterocycles. The zero-order chi connectivity index (χ0) is 28.4. The van der Waals surface area contributed by atoms with Gasteiger partial charge in [-0.2, -0.15) is 0 Å². The van der Waals surface area contributed by atoms with Gasteiger partial charge in [0, 0.05) is 50.4 Å². The van der Waals surface area contributed by atoms with Crippen molar-refractivity contribution in [2.24, 2.45) is 5.73 Å². The van der Waals surface area contributed by atoms with Crippen LogP contribution in [0.1, 0.15) is 46.7 Å². The number of rotatable bonds is 10. The van der Waals surface area contributed by atoms with Crippen LogP contribution in [0.3, 0.4) is 0 Å². The van der Waals surface area contributed by atoms with Crippen LogP contribution in [0, 0.1) is 12.7 Å². The highest BCUT2D eigenvalue weighted by Gasteiger charge is 2.31. The molecular weight excluding hydrogens is 513 g/mol. The Balaban J connectivity index is 1.54. The number of aromatic nitrogens is 3. The van der Waals surface area contributed by atoms with Crippen molar-refractivity contribution in [3.8, 4) is 22.9 Å². The maximum Gasteiger partial charge on any atom is 0.316 e. The Kier molecular flexibility index (Phi) is 7.54. The van der Waals surface area contributed by atoms with Gasteiger partial charge in [-0.1, -0.05) is 12.1 Å². The number of hydrogen-bond acceptors (Lipinski definition) is 6. The van der Waals surface area contributed by atoms with Crippen molar-refractivity contribution in [1.82, 2.24) is 24.8 Å². The van der Waals surface area contributed by atoms with Crippen LogP contribution < -0.4 is 21.1 Å². The standard InChI is InChI=1S/C29H32FN7O3/c1-17-21(27(31)38)10-11-22(26(17)18-8-9-18)24-16-34-28-23(33-12-5-13-36(3)29(39)32-2)15-25(35-37(24)28)40-20-7-4-6-19(30)14-20/h4,6-7,10-11,14-16,18,33H,5,8-9,12-13H2,1-3H3,(H2,31,38)(H,32,39). The Hall–Kier alpha value is -4.67. The number of halogens is 1. The highest BCUT2D eigenvalue weighted by atomic mass is 19.1. The number of carbonyl (C=O) groups excluding carboxylic acids is 2. The Morgan fingerprint density at radius 3 is 2.73 bits per heavy atom. The number of ether oxygens (including phenoxy) is 1. The van der Waals surface area contributed by atoms with E-state index in [0.717, 1.165) is 35.2 Å². The lowest BCUT2D eigenvalue weighted by atomic mass is 9.92. The van der Waals surface area contributed by atoms with E-state index < -0.39 is 11.7 Å². The van der Waals surface area contributed by atoms with Crippen molar-refractivity contribution in [1.29, 1.82) is 0 Å². The minimum absolute atomic E-state index is 0.154. The second-order valence-corrected chi connectivity index (χ2v) is 9.93. The molecule has 1 aliphatic rings. The highest BCUT2D eigenvalue weighted by molar-refractivity contribution is 5.95. The zero-order valence-corrected chi connectivity index (χ0v) is 22.7. The number of hydrogen-bond donors (Lipinski definition) is 3. The fraction of sp³-hybridized carbons (Fsp3) is 0.310. The summed E-state index contributed by atoms with van der Waals surface area (Å²) in [6.45, 7) is 3.04. The number of primary amides is 1. The van der Waals surface area contributed by atoms with Gasteiger partial charge in [0.05, 0.1) is 17.6 Å². The lowest BCUT2D eigenvalue weighted by Gasteiger charge is -2.17. The van der Waals surface area contributed by atoms with Crippen LogP contribution in [0.5, 0.6) is 11.6 Å². The SMILES string of the molecule is CNC(=O)N(C)CCCNc1cc(Oc2cccc(F)c2)nn2c(-c3ccc(C(N)=O)c(C)c3C3CC3)cnc12. The van der Waals surface area contributed by atoms with Gasteiger partial charge in [-0.3, -0.25) is 4.79 Å². The van der Waals surface area contributed by atoms with Gasteiger partial charge in [0.2, 0.25) is 11.8 Å². The third-order valence-corrected chi connectivity index (χ3v) is 7.05. The zero-order valence-electron chi connectivity index (χ0n) is 22.7. The van der Waals surface area contributed by atoms with Crippen LogP contribution in [0.25, 0.3) is 16.9 Å². The molecule has 4 N–H and O–H groups in total.